The molecule has 2 rings (SSSR count). The van der Waals surface area contributed by atoms with E-state index in [1.807, 2.05) is 42.5 Å². The highest BCUT2D eigenvalue weighted by molar-refractivity contribution is 5.22. The van der Waals surface area contributed by atoms with Gasteiger partial charge in [-0.05, 0) is 17.2 Å². The van der Waals surface area contributed by atoms with Crippen LogP contribution in [0.4, 0.5) is 0 Å². The number of nitrogens with zero attached hydrogens (tertiary/aromatic N) is 2. The number of aliphatic hydroxyl groups is 1. The minimum absolute atomic E-state index is 0.0748. The molecule has 1 aromatic carbocycles. The van der Waals surface area contributed by atoms with Crippen molar-refractivity contribution in [3.63, 3.8) is 0 Å². The van der Waals surface area contributed by atoms with Gasteiger partial charge in [-0.1, -0.05) is 41.6 Å². The molecular formula is C15H16N2O2. The predicted octanol–water partition coefficient (Wildman–Crippen LogP) is 2.54. The minimum Gasteiger partial charge on any atom is -0.392 e. The second-order valence-electron chi connectivity index (χ2n) is 4.46. The van der Waals surface area contributed by atoms with Crippen molar-refractivity contribution < 1.29 is 5.11 Å². The van der Waals surface area contributed by atoms with E-state index in [4.69, 9.17) is 0 Å². The molecule has 2 aromatic rings. The number of pyridine rings is 1. The van der Waals surface area contributed by atoms with E-state index >= 15 is 0 Å². The summed E-state index contributed by atoms with van der Waals surface area (Å²) in [5, 5.41) is 13.3. The smallest absolute Gasteiger partial charge is 0.0904 e. The van der Waals surface area contributed by atoms with Crippen LogP contribution < -0.4 is 0 Å². The highest BCUT2D eigenvalue weighted by Gasteiger charge is 2.21. The Bertz CT molecular complexity index is 502. The summed E-state index contributed by atoms with van der Waals surface area (Å²) in [4.78, 5) is 14.6. The first-order chi connectivity index (χ1) is 9.31. The third-order valence-electron chi connectivity index (χ3n) is 3.13. The fourth-order valence-electron chi connectivity index (χ4n) is 2.13. The van der Waals surface area contributed by atoms with Gasteiger partial charge in [-0.15, -0.1) is 0 Å². The quantitative estimate of drug-likeness (QED) is 0.808. The van der Waals surface area contributed by atoms with Gasteiger partial charge in [0.1, 0.15) is 0 Å². The monoisotopic (exact) mass is 256 g/mol. The second kappa shape index (κ2) is 6.75. The highest BCUT2D eigenvalue weighted by atomic mass is 16.3. The summed E-state index contributed by atoms with van der Waals surface area (Å²) < 4.78 is 0. The molecule has 0 saturated carbocycles. The Hall–Kier alpha value is -2.07. The van der Waals surface area contributed by atoms with Gasteiger partial charge in [-0.3, -0.25) is 4.98 Å². The summed E-state index contributed by atoms with van der Waals surface area (Å²) in [6, 6.07) is 13.2. The zero-order valence-corrected chi connectivity index (χ0v) is 10.5. The maximum absolute atomic E-state index is 10.6. The van der Waals surface area contributed by atoms with Gasteiger partial charge in [0.05, 0.1) is 12.6 Å². The first-order valence-corrected chi connectivity index (χ1v) is 6.22. The summed E-state index contributed by atoms with van der Waals surface area (Å²) in [5.74, 6) is -0.279. The van der Waals surface area contributed by atoms with Crippen LogP contribution in [-0.2, 0) is 6.42 Å². The molecule has 0 fully saturated rings. The zero-order chi connectivity index (χ0) is 13.5. The zero-order valence-electron chi connectivity index (χ0n) is 10.5. The van der Waals surface area contributed by atoms with Gasteiger partial charge in [0.2, 0.25) is 0 Å². The van der Waals surface area contributed by atoms with Gasteiger partial charge in [0.25, 0.3) is 0 Å². The number of hydrogen-bond donors (Lipinski definition) is 1. The van der Waals surface area contributed by atoms with Crippen molar-refractivity contribution in [3.05, 3.63) is 70.9 Å². The van der Waals surface area contributed by atoms with Crippen molar-refractivity contribution in [1.29, 1.82) is 0 Å². The minimum atomic E-state index is -0.649. The lowest BCUT2D eigenvalue weighted by Gasteiger charge is -2.20. The third-order valence-corrected chi connectivity index (χ3v) is 3.13. The van der Waals surface area contributed by atoms with Crippen LogP contribution in [0.5, 0.6) is 0 Å². The van der Waals surface area contributed by atoms with Crippen LogP contribution in [0.1, 0.15) is 17.0 Å². The Morgan fingerprint density at radius 1 is 1.16 bits per heavy atom. The molecule has 4 heteroatoms. The van der Waals surface area contributed by atoms with Gasteiger partial charge >= 0.3 is 0 Å². The van der Waals surface area contributed by atoms with Crippen molar-refractivity contribution >= 4 is 0 Å². The molecule has 0 aliphatic heterocycles. The van der Waals surface area contributed by atoms with Crippen molar-refractivity contribution in [2.24, 2.45) is 5.18 Å². The number of aromatic nitrogens is 1. The van der Waals surface area contributed by atoms with Crippen LogP contribution in [0, 0.1) is 4.91 Å². The first-order valence-electron chi connectivity index (χ1n) is 6.22. The largest absolute Gasteiger partial charge is 0.392 e. The third kappa shape index (κ3) is 3.69. The number of hydrogen-bond acceptors (Lipinski definition) is 4. The van der Waals surface area contributed by atoms with Gasteiger partial charge in [0, 0.05) is 24.7 Å². The molecule has 0 radical (unpaired) electrons. The standard InChI is InChI=1S/C15H16N2O2/c18-15(9-12-5-4-8-16-10-12)14(11-17-19)13-6-2-1-3-7-13/h1-8,10,14-15,18H,9,11H2. The molecule has 2 atom stereocenters. The molecular weight excluding hydrogens is 240 g/mol. The second-order valence-corrected chi connectivity index (χ2v) is 4.46. The number of rotatable bonds is 6. The number of nitroso groups, excluding NO2 is 1. The summed E-state index contributed by atoms with van der Waals surface area (Å²) in [6.07, 6.45) is 3.23. The van der Waals surface area contributed by atoms with Crippen LogP contribution >= 0.6 is 0 Å². The fourth-order valence-corrected chi connectivity index (χ4v) is 2.13. The van der Waals surface area contributed by atoms with Crippen LogP contribution in [-0.4, -0.2) is 22.7 Å². The summed E-state index contributed by atoms with van der Waals surface area (Å²) in [6.45, 7) is 0.0748. The SMILES string of the molecule is O=NCC(c1ccccc1)C(O)Cc1cccnc1. The van der Waals surface area contributed by atoms with E-state index in [0.29, 0.717) is 6.42 Å². The van der Waals surface area contributed by atoms with Crippen molar-refractivity contribution in [2.45, 2.75) is 18.4 Å². The molecule has 0 spiro atoms. The summed E-state index contributed by atoms with van der Waals surface area (Å²) >= 11 is 0. The molecule has 1 heterocycles. The van der Waals surface area contributed by atoms with E-state index in [1.165, 1.54) is 0 Å². The normalized spacial score (nSPS) is 13.7. The number of aliphatic hydroxyl groups excluding tert-OH is 1. The van der Waals surface area contributed by atoms with Crippen LogP contribution in [0.25, 0.3) is 0 Å². The van der Waals surface area contributed by atoms with E-state index in [2.05, 4.69) is 10.2 Å². The molecule has 98 valence electrons. The predicted molar refractivity (Wildman–Crippen MR) is 73.8 cm³/mol. The van der Waals surface area contributed by atoms with Gasteiger partial charge in [-0.25, -0.2) is 0 Å². The molecule has 1 N–H and O–H groups in total. The van der Waals surface area contributed by atoms with Gasteiger partial charge in [0.15, 0.2) is 0 Å². The Morgan fingerprint density at radius 2 is 1.95 bits per heavy atom. The lowest BCUT2D eigenvalue weighted by Crippen LogP contribution is -2.23. The Labute approximate surface area is 112 Å². The van der Waals surface area contributed by atoms with E-state index in [9.17, 15) is 10.0 Å². The van der Waals surface area contributed by atoms with E-state index in [0.717, 1.165) is 11.1 Å². The lowest BCUT2D eigenvalue weighted by molar-refractivity contribution is 0.145. The average Bonchev–Trinajstić information content (AvgIpc) is 2.46. The molecule has 0 aliphatic rings. The van der Waals surface area contributed by atoms with Crippen molar-refractivity contribution in [3.8, 4) is 0 Å². The molecule has 4 nitrogen and oxygen atoms in total. The highest BCUT2D eigenvalue weighted by Crippen LogP contribution is 2.22. The summed E-state index contributed by atoms with van der Waals surface area (Å²) in [7, 11) is 0. The lowest BCUT2D eigenvalue weighted by atomic mass is 9.90. The molecule has 0 aliphatic carbocycles. The number of benzene rings is 1. The molecule has 0 bridgehead atoms. The summed E-state index contributed by atoms with van der Waals surface area (Å²) in [5.41, 5.74) is 1.88. The maximum atomic E-state index is 10.6. The van der Waals surface area contributed by atoms with Crippen molar-refractivity contribution in [2.75, 3.05) is 6.54 Å². The molecule has 0 amide bonds. The Balaban J connectivity index is 2.13. The maximum Gasteiger partial charge on any atom is 0.0904 e. The van der Waals surface area contributed by atoms with Crippen LogP contribution in [0.3, 0.4) is 0 Å². The molecule has 0 saturated heterocycles. The van der Waals surface area contributed by atoms with Crippen molar-refractivity contribution in [1.82, 2.24) is 4.98 Å². The molecule has 1 aromatic heterocycles. The molecule has 2 unspecified atom stereocenters. The average molecular weight is 256 g/mol. The molecule has 19 heavy (non-hydrogen) atoms. The first kappa shape index (κ1) is 13.4. The van der Waals surface area contributed by atoms with E-state index in [1.54, 1.807) is 12.4 Å². The van der Waals surface area contributed by atoms with Crippen LogP contribution in [0.2, 0.25) is 0 Å². The van der Waals surface area contributed by atoms with E-state index in [-0.39, 0.29) is 12.5 Å². The topological polar surface area (TPSA) is 62.5 Å². The fraction of sp³-hybridized carbons (Fsp3) is 0.267. The van der Waals surface area contributed by atoms with Gasteiger partial charge < -0.3 is 5.11 Å². The Morgan fingerprint density at radius 3 is 2.58 bits per heavy atom. The van der Waals surface area contributed by atoms with E-state index < -0.39 is 6.10 Å². The van der Waals surface area contributed by atoms with Crippen LogP contribution in [0.15, 0.2) is 60.0 Å². The van der Waals surface area contributed by atoms with Gasteiger partial charge in [-0.2, -0.15) is 4.91 Å². The Kier molecular flexibility index (Phi) is 4.75.